The van der Waals surface area contributed by atoms with E-state index in [4.69, 9.17) is 4.74 Å². The lowest BCUT2D eigenvalue weighted by Crippen LogP contribution is -2.32. The maximum Gasteiger partial charge on any atom is 0.329 e. The van der Waals surface area contributed by atoms with E-state index < -0.39 is 21.9 Å². The van der Waals surface area contributed by atoms with Crippen LogP contribution in [0.25, 0.3) is 0 Å². The Morgan fingerprint density at radius 2 is 1.52 bits per heavy atom. The van der Waals surface area contributed by atoms with E-state index in [2.05, 4.69) is 10.3 Å². The van der Waals surface area contributed by atoms with Crippen molar-refractivity contribution in [3.8, 4) is 11.5 Å². The molecular formula is C22H19N3O5S. The van der Waals surface area contributed by atoms with Crippen molar-refractivity contribution in [3.05, 3.63) is 78.6 Å². The van der Waals surface area contributed by atoms with Gasteiger partial charge in [-0.05, 0) is 66.2 Å². The summed E-state index contributed by atoms with van der Waals surface area (Å²) >= 11 is 0. The molecule has 0 aliphatic carbocycles. The second kappa shape index (κ2) is 8.19. The van der Waals surface area contributed by atoms with Gasteiger partial charge >= 0.3 is 6.03 Å². The summed E-state index contributed by atoms with van der Waals surface area (Å²) in [6.07, 6.45) is 4.80. The first-order valence-corrected chi connectivity index (χ1v) is 11.3. The zero-order chi connectivity index (χ0) is 22.0. The number of hydrogen-bond donors (Lipinski definition) is 1. The Hall–Kier alpha value is -3.72. The van der Waals surface area contributed by atoms with Crippen molar-refractivity contribution < 1.29 is 22.7 Å². The lowest BCUT2D eigenvalue weighted by molar-refractivity contribution is -0.118. The van der Waals surface area contributed by atoms with Gasteiger partial charge in [-0.15, -0.1) is 0 Å². The molecule has 8 nitrogen and oxygen atoms in total. The van der Waals surface area contributed by atoms with Crippen LogP contribution in [-0.2, 0) is 21.1 Å². The maximum absolute atomic E-state index is 12.8. The van der Waals surface area contributed by atoms with Gasteiger partial charge in [0.25, 0.3) is 5.91 Å². The molecule has 9 heteroatoms. The van der Waals surface area contributed by atoms with E-state index in [1.807, 2.05) is 0 Å². The molecule has 2 aromatic carbocycles. The van der Waals surface area contributed by atoms with Crippen molar-refractivity contribution in [2.24, 2.45) is 0 Å². The molecule has 1 N–H and O–H groups in total. The Balaban J connectivity index is 1.45. The number of imide groups is 1. The summed E-state index contributed by atoms with van der Waals surface area (Å²) in [6, 6.07) is 15.1. The average Bonchev–Trinajstić information content (AvgIpc) is 3.02. The lowest BCUT2D eigenvalue weighted by atomic mass is 10.1. The van der Waals surface area contributed by atoms with Gasteiger partial charge < -0.3 is 10.1 Å². The first kappa shape index (κ1) is 20.5. The molecule has 0 saturated carbocycles. The van der Waals surface area contributed by atoms with Crippen LogP contribution in [0, 0.1) is 0 Å². The van der Waals surface area contributed by atoms with Crippen LogP contribution < -0.4 is 15.0 Å². The predicted octanol–water partition coefficient (Wildman–Crippen LogP) is 2.94. The van der Waals surface area contributed by atoms with E-state index in [9.17, 15) is 18.0 Å². The van der Waals surface area contributed by atoms with E-state index in [-0.39, 0.29) is 10.8 Å². The van der Waals surface area contributed by atoms with Gasteiger partial charge in [-0.2, -0.15) is 0 Å². The van der Waals surface area contributed by atoms with Gasteiger partial charge in [0, 0.05) is 25.1 Å². The van der Waals surface area contributed by atoms with Gasteiger partial charge in [0.1, 0.15) is 17.5 Å². The SMILES string of the molecule is CS(=O)(=O)c1ccc(Oc2ccc(N3C(=O)NC(Cc4ccncc4)C3=O)cc2)cc1. The van der Waals surface area contributed by atoms with Gasteiger partial charge in [0.15, 0.2) is 9.84 Å². The highest BCUT2D eigenvalue weighted by Gasteiger charge is 2.38. The normalized spacial score (nSPS) is 16.3. The molecular weight excluding hydrogens is 418 g/mol. The first-order chi connectivity index (χ1) is 14.8. The summed E-state index contributed by atoms with van der Waals surface area (Å²) in [4.78, 5) is 30.4. The van der Waals surface area contributed by atoms with Crippen LogP contribution in [-0.4, -0.2) is 37.6 Å². The number of pyridine rings is 1. The molecule has 1 aliphatic heterocycles. The molecule has 4 rings (SSSR count). The number of rotatable bonds is 6. The fraction of sp³-hybridized carbons (Fsp3) is 0.136. The minimum absolute atomic E-state index is 0.204. The Labute approximate surface area is 179 Å². The molecule has 3 aromatic rings. The zero-order valence-electron chi connectivity index (χ0n) is 16.6. The van der Waals surface area contributed by atoms with E-state index in [0.717, 1.165) is 16.7 Å². The average molecular weight is 437 g/mol. The smallest absolute Gasteiger partial charge is 0.329 e. The Morgan fingerprint density at radius 3 is 2.10 bits per heavy atom. The standard InChI is InChI=1S/C22H19N3O5S/c1-31(28,29)19-8-6-18(7-9-19)30-17-4-2-16(3-5-17)25-21(26)20(24-22(25)27)14-15-10-12-23-13-11-15/h2-13,20H,14H2,1H3,(H,24,27). The van der Waals surface area contributed by atoms with Crippen LogP contribution in [0.3, 0.4) is 0 Å². The van der Waals surface area contributed by atoms with Crippen molar-refractivity contribution in [2.75, 3.05) is 11.2 Å². The third kappa shape index (κ3) is 4.56. The molecule has 1 unspecified atom stereocenters. The maximum atomic E-state index is 12.8. The van der Waals surface area contributed by atoms with Crippen molar-refractivity contribution >= 4 is 27.5 Å². The van der Waals surface area contributed by atoms with Crippen molar-refractivity contribution in [1.29, 1.82) is 0 Å². The van der Waals surface area contributed by atoms with Gasteiger partial charge in [0.2, 0.25) is 0 Å². The summed E-state index contributed by atoms with van der Waals surface area (Å²) in [7, 11) is -3.28. The van der Waals surface area contributed by atoms with Crippen LogP contribution in [0.1, 0.15) is 5.56 Å². The van der Waals surface area contributed by atoms with Crippen molar-refractivity contribution in [3.63, 3.8) is 0 Å². The van der Waals surface area contributed by atoms with E-state index in [1.54, 1.807) is 60.9 Å². The number of nitrogens with zero attached hydrogens (tertiary/aromatic N) is 2. The number of aromatic nitrogens is 1. The highest BCUT2D eigenvalue weighted by atomic mass is 32.2. The van der Waals surface area contributed by atoms with Crippen LogP contribution >= 0.6 is 0 Å². The summed E-state index contributed by atoms with van der Waals surface area (Å²) in [6.45, 7) is 0. The van der Waals surface area contributed by atoms with Gasteiger partial charge in [-0.25, -0.2) is 18.1 Å². The molecule has 2 heterocycles. The van der Waals surface area contributed by atoms with Crippen molar-refractivity contribution in [2.45, 2.75) is 17.4 Å². The van der Waals surface area contributed by atoms with Gasteiger partial charge in [-0.3, -0.25) is 9.78 Å². The fourth-order valence-electron chi connectivity index (χ4n) is 3.22. The molecule has 1 saturated heterocycles. The molecule has 1 atom stereocenters. The molecule has 158 valence electrons. The van der Waals surface area contributed by atoms with Crippen molar-refractivity contribution in [1.82, 2.24) is 10.3 Å². The van der Waals surface area contributed by atoms with Gasteiger partial charge in [0.05, 0.1) is 10.6 Å². The van der Waals surface area contributed by atoms with E-state index in [1.165, 1.54) is 12.1 Å². The number of urea groups is 1. The number of carbonyl (C=O) groups excluding carboxylic acids is 2. The number of hydrogen-bond acceptors (Lipinski definition) is 6. The molecule has 0 spiro atoms. The fourth-order valence-corrected chi connectivity index (χ4v) is 3.85. The second-order valence-corrected chi connectivity index (χ2v) is 9.09. The summed E-state index contributed by atoms with van der Waals surface area (Å²) in [5.41, 5.74) is 1.33. The largest absolute Gasteiger partial charge is 0.457 e. The quantitative estimate of drug-likeness (QED) is 0.595. The van der Waals surface area contributed by atoms with E-state index >= 15 is 0 Å². The van der Waals surface area contributed by atoms with E-state index in [0.29, 0.717) is 23.6 Å². The minimum atomic E-state index is -3.28. The molecule has 1 aromatic heterocycles. The molecule has 0 bridgehead atoms. The number of benzene rings is 2. The number of ether oxygens (including phenoxy) is 1. The topological polar surface area (TPSA) is 106 Å². The number of carbonyl (C=O) groups is 2. The van der Waals surface area contributed by atoms with Crippen LogP contribution in [0.4, 0.5) is 10.5 Å². The number of amides is 3. The lowest BCUT2D eigenvalue weighted by Gasteiger charge is -2.14. The summed E-state index contributed by atoms with van der Waals surface area (Å²) in [5, 5.41) is 2.71. The minimum Gasteiger partial charge on any atom is -0.457 e. The zero-order valence-corrected chi connectivity index (χ0v) is 17.4. The molecule has 31 heavy (non-hydrogen) atoms. The molecule has 1 fully saturated rings. The van der Waals surface area contributed by atoms with Crippen LogP contribution in [0.15, 0.2) is 78.0 Å². The predicted molar refractivity (Wildman–Crippen MR) is 114 cm³/mol. The number of sulfone groups is 1. The highest BCUT2D eigenvalue weighted by Crippen LogP contribution is 2.27. The number of anilines is 1. The third-order valence-electron chi connectivity index (χ3n) is 4.79. The monoisotopic (exact) mass is 437 g/mol. The molecule has 0 radical (unpaired) electrons. The Bertz CT molecular complexity index is 1210. The Kier molecular flexibility index (Phi) is 5.43. The summed E-state index contributed by atoms with van der Waals surface area (Å²) in [5.74, 6) is 0.621. The highest BCUT2D eigenvalue weighted by molar-refractivity contribution is 7.90. The number of nitrogens with one attached hydrogen (secondary N) is 1. The van der Waals surface area contributed by atoms with Crippen LogP contribution in [0.2, 0.25) is 0 Å². The van der Waals surface area contributed by atoms with Crippen LogP contribution in [0.5, 0.6) is 11.5 Å². The third-order valence-corrected chi connectivity index (χ3v) is 5.92. The summed E-state index contributed by atoms with van der Waals surface area (Å²) < 4.78 is 28.8. The van der Waals surface area contributed by atoms with Gasteiger partial charge in [-0.1, -0.05) is 0 Å². The molecule has 3 amide bonds. The Morgan fingerprint density at radius 1 is 0.935 bits per heavy atom. The first-order valence-electron chi connectivity index (χ1n) is 9.43. The second-order valence-electron chi connectivity index (χ2n) is 7.07. The molecule has 1 aliphatic rings.